The largest absolute Gasteiger partial charge is 0.379 e. The number of aromatic nitrogens is 2. The second kappa shape index (κ2) is 10.3. The molecule has 2 N–H and O–H groups in total. The molecule has 0 amide bonds. The molecule has 38 heavy (non-hydrogen) atoms. The van der Waals surface area contributed by atoms with Crippen LogP contribution < -0.4 is 10.6 Å². The normalized spacial score (nSPS) is 12.9. The van der Waals surface area contributed by atoms with Crippen LogP contribution in [-0.4, -0.2) is 14.0 Å². The zero-order chi connectivity index (χ0) is 26.2. The number of aryl methyl sites for hydroxylation is 3. The van der Waals surface area contributed by atoms with Gasteiger partial charge in [-0.1, -0.05) is 54.2 Å². The zero-order valence-corrected chi connectivity index (χ0v) is 22.7. The minimum Gasteiger partial charge on any atom is -0.379 e. The smallest absolute Gasteiger partial charge is 0.128 e. The highest BCUT2D eigenvalue weighted by Crippen LogP contribution is 2.38. The quantitative estimate of drug-likeness (QED) is 0.212. The van der Waals surface area contributed by atoms with Crippen molar-refractivity contribution in [3.8, 4) is 11.1 Å². The van der Waals surface area contributed by atoms with Crippen molar-refractivity contribution < 1.29 is 4.39 Å². The molecule has 0 spiro atoms. The first-order valence-electron chi connectivity index (χ1n) is 12.9. The van der Waals surface area contributed by atoms with Crippen LogP contribution in [0, 0.1) is 12.7 Å². The number of para-hydroxylation sites is 1. The Balaban J connectivity index is 1.49. The molecule has 0 aliphatic carbocycles. The van der Waals surface area contributed by atoms with Crippen LogP contribution in [0.4, 0.5) is 15.8 Å². The molecule has 0 atom stereocenters. The van der Waals surface area contributed by atoms with Crippen LogP contribution in [0.25, 0.3) is 16.8 Å². The molecule has 0 fully saturated rings. The molecule has 0 saturated heterocycles. The van der Waals surface area contributed by atoms with Gasteiger partial charge in [-0.2, -0.15) is 0 Å². The molecule has 0 bridgehead atoms. The van der Waals surface area contributed by atoms with Crippen LogP contribution in [0.5, 0.6) is 0 Å². The lowest BCUT2D eigenvalue weighted by Gasteiger charge is -2.14. The highest BCUT2D eigenvalue weighted by molar-refractivity contribution is 7.81. The molecule has 7 heteroatoms. The minimum absolute atomic E-state index is 0.245. The SMILES string of the molecule is Cc1ccccc1NC(=S)c1c(-c2ccc(F)cc2)c2c3n(c(CNc4ccc(Cl)cc4)cn13)CCCC2. The first-order chi connectivity index (χ1) is 18.5. The number of anilines is 2. The molecular weight excluding hydrogens is 515 g/mol. The van der Waals surface area contributed by atoms with Gasteiger partial charge in [0.25, 0.3) is 0 Å². The Morgan fingerprint density at radius 3 is 2.53 bits per heavy atom. The van der Waals surface area contributed by atoms with Crippen molar-refractivity contribution >= 4 is 45.8 Å². The zero-order valence-electron chi connectivity index (χ0n) is 21.1. The second-order valence-electron chi connectivity index (χ2n) is 9.76. The van der Waals surface area contributed by atoms with Gasteiger partial charge in [0.15, 0.2) is 0 Å². The average molecular weight is 543 g/mol. The van der Waals surface area contributed by atoms with E-state index in [4.69, 9.17) is 23.8 Å². The maximum Gasteiger partial charge on any atom is 0.128 e. The Morgan fingerprint density at radius 2 is 1.76 bits per heavy atom. The third-order valence-electron chi connectivity index (χ3n) is 7.28. The number of rotatable bonds is 6. The van der Waals surface area contributed by atoms with Gasteiger partial charge < -0.3 is 15.2 Å². The van der Waals surface area contributed by atoms with E-state index in [-0.39, 0.29) is 5.82 Å². The fraction of sp³-hybridized carbons (Fsp3) is 0.194. The molecule has 3 heterocycles. The topological polar surface area (TPSA) is 33.4 Å². The average Bonchev–Trinajstić information content (AvgIpc) is 3.32. The lowest BCUT2D eigenvalue weighted by atomic mass is 9.98. The summed E-state index contributed by atoms with van der Waals surface area (Å²) in [4.78, 5) is 0.648. The number of hydrogen-bond donors (Lipinski definition) is 2. The molecule has 0 radical (unpaired) electrons. The molecular formula is C31H28ClFN4S. The third kappa shape index (κ3) is 4.59. The highest BCUT2D eigenvalue weighted by atomic mass is 35.5. The summed E-state index contributed by atoms with van der Waals surface area (Å²) in [5.74, 6) is -0.245. The van der Waals surface area contributed by atoms with E-state index in [0.717, 1.165) is 64.6 Å². The number of nitrogens with one attached hydrogen (secondary N) is 2. The molecule has 4 nitrogen and oxygen atoms in total. The lowest BCUT2D eigenvalue weighted by molar-refractivity contribution is 0.626. The van der Waals surface area contributed by atoms with Gasteiger partial charge in [-0.05, 0) is 79.8 Å². The first kappa shape index (κ1) is 24.7. The number of nitrogens with zero attached hydrogens (tertiary/aromatic N) is 2. The van der Waals surface area contributed by atoms with Gasteiger partial charge in [0.1, 0.15) is 16.5 Å². The lowest BCUT2D eigenvalue weighted by Crippen LogP contribution is -2.14. The van der Waals surface area contributed by atoms with Crippen molar-refractivity contribution in [2.24, 2.45) is 0 Å². The third-order valence-corrected chi connectivity index (χ3v) is 7.82. The monoisotopic (exact) mass is 542 g/mol. The maximum atomic E-state index is 13.9. The molecule has 1 aliphatic rings. The van der Waals surface area contributed by atoms with Gasteiger partial charge >= 0.3 is 0 Å². The summed E-state index contributed by atoms with van der Waals surface area (Å²) in [6, 6.07) is 22.7. The summed E-state index contributed by atoms with van der Waals surface area (Å²) in [5.41, 5.74) is 9.73. The van der Waals surface area contributed by atoms with E-state index < -0.39 is 0 Å². The molecule has 2 aromatic heterocycles. The Hall–Kier alpha value is -3.61. The Kier molecular flexibility index (Phi) is 6.68. The van der Waals surface area contributed by atoms with Crippen LogP contribution in [-0.2, 0) is 19.5 Å². The van der Waals surface area contributed by atoms with E-state index in [1.54, 1.807) is 0 Å². The van der Waals surface area contributed by atoms with Crippen LogP contribution in [0.2, 0.25) is 5.02 Å². The molecule has 5 aromatic rings. The number of imidazole rings is 1. The summed E-state index contributed by atoms with van der Waals surface area (Å²) in [5, 5.41) is 7.77. The Morgan fingerprint density at radius 1 is 1.00 bits per heavy atom. The van der Waals surface area contributed by atoms with Crippen molar-refractivity contribution in [2.75, 3.05) is 10.6 Å². The van der Waals surface area contributed by atoms with Crippen molar-refractivity contribution in [1.29, 1.82) is 0 Å². The molecule has 0 saturated carbocycles. The number of thiocarbonyl (C=S) groups is 1. The first-order valence-corrected chi connectivity index (χ1v) is 13.7. The Labute approximate surface area is 232 Å². The van der Waals surface area contributed by atoms with Gasteiger partial charge in [0.2, 0.25) is 0 Å². The van der Waals surface area contributed by atoms with Crippen molar-refractivity contribution in [1.82, 2.24) is 8.97 Å². The van der Waals surface area contributed by atoms with Crippen molar-refractivity contribution in [2.45, 2.75) is 39.3 Å². The van der Waals surface area contributed by atoms with E-state index in [9.17, 15) is 4.39 Å². The number of hydrogen-bond acceptors (Lipinski definition) is 2. The Bertz CT molecular complexity index is 1630. The standard InChI is InChI=1S/C31H28ClFN4S/c1-20-6-2-3-8-27(20)35-30(38)29-28(21-9-13-23(33)14-10-21)26-7-4-5-17-36-25(19-37(29)31(26)36)18-34-24-15-11-22(32)12-16-24/h2-3,6,8-16,19,34H,4-5,7,17-18H2,1H3,(H,35,38). The van der Waals surface area contributed by atoms with Crippen LogP contribution in [0.15, 0.2) is 79.0 Å². The van der Waals surface area contributed by atoms with Gasteiger partial charge in [-0.25, -0.2) is 4.39 Å². The van der Waals surface area contributed by atoms with Crippen molar-refractivity contribution in [3.63, 3.8) is 0 Å². The van der Waals surface area contributed by atoms with Crippen LogP contribution in [0.3, 0.4) is 0 Å². The summed E-state index contributed by atoms with van der Waals surface area (Å²) in [7, 11) is 0. The predicted molar refractivity (Wildman–Crippen MR) is 159 cm³/mol. The predicted octanol–water partition coefficient (Wildman–Crippen LogP) is 8.24. The maximum absolute atomic E-state index is 13.9. The van der Waals surface area contributed by atoms with E-state index in [1.807, 2.05) is 54.6 Å². The van der Waals surface area contributed by atoms with E-state index >= 15 is 0 Å². The van der Waals surface area contributed by atoms with Gasteiger partial charge in [-0.3, -0.25) is 4.40 Å². The molecule has 0 unspecified atom stereocenters. The van der Waals surface area contributed by atoms with Gasteiger partial charge in [-0.15, -0.1) is 0 Å². The van der Waals surface area contributed by atoms with E-state index in [0.29, 0.717) is 11.5 Å². The number of benzene rings is 3. The van der Waals surface area contributed by atoms with Crippen LogP contribution >= 0.6 is 23.8 Å². The summed E-state index contributed by atoms with van der Waals surface area (Å²) in [6.07, 6.45) is 5.31. The number of halogens is 2. The molecule has 1 aliphatic heterocycles. The summed E-state index contributed by atoms with van der Waals surface area (Å²) >= 11 is 12.2. The summed E-state index contributed by atoms with van der Waals surface area (Å²) < 4.78 is 18.6. The van der Waals surface area contributed by atoms with E-state index in [1.165, 1.54) is 29.0 Å². The minimum atomic E-state index is -0.245. The fourth-order valence-electron chi connectivity index (χ4n) is 5.40. The summed E-state index contributed by atoms with van der Waals surface area (Å²) in [6.45, 7) is 3.68. The molecule has 3 aromatic carbocycles. The van der Waals surface area contributed by atoms with E-state index in [2.05, 4.69) is 38.8 Å². The van der Waals surface area contributed by atoms with Crippen molar-refractivity contribution in [3.05, 3.63) is 112 Å². The van der Waals surface area contributed by atoms with Crippen LogP contribution in [0.1, 0.15) is 35.4 Å². The van der Waals surface area contributed by atoms with Gasteiger partial charge in [0.05, 0.1) is 17.9 Å². The van der Waals surface area contributed by atoms with Gasteiger partial charge in [0, 0.05) is 40.3 Å². The fourth-order valence-corrected chi connectivity index (χ4v) is 5.84. The second-order valence-corrected chi connectivity index (χ2v) is 10.6. The highest BCUT2D eigenvalue weighted by Gasteiger charge is 2.28. The molecule has 6 rings (SSSR count). The molecule has 192 valence electrons.